The predicted molar refractivity (Wildman–Crippen MR) is 64.1 cm³/mol. The van der Waals surface area contributed by atoms with E-state index in [1.54, 1.807) is 10.9 Å². The topological polar surface area (TPSA) is 44.1 Å². The quantitative estimate of drug-likeness (QED) is 0.756. The summed E-state index contributed by atoms with van der Waals surface area (Å²) in [5.41, 5.74) is 0.949. The van der Waals surface area contributed by atoms with Gasteiger partial charge in [0.05, 0.1) is 12.1 Å². The highest BCUT2D eigenvalue weighted by molar-refractivity contribution is 5.72. The molecule has 94 valence electrons. The molecule has 0 bridgehead atoms. The van der Waals surface area contributed by atoms with Crippen molar-refractivity contribution < 1.29 is 9.53 Å². The van der Waals surface area contributed by atoms with Crippen molar-refractivity contribution in [2.24, 2.45) is 18.9 Å². The van der Waals surface area contributed by atoms with Gasteiger partial charge < -0.3 is 4.74 Å². The van der Waals surface area contributed by atoms with Gasteiger partial charge >= 0.3 is 5.97 Å². The molecule has 0 aliphatic heterocycles. The molecule has 1 aliphatic carbocycles. The smallest absolute Gasteiger partial charge is 0.309 e. The minimum absolute atomic E-state index is 0.0413. The van der Waals surface area contributed by atoms with Gasteiger partial charge in [0.15, 0.2) is 0 Å². The molecule has 1 aromatic heterocycles. The van der Waals surface area contributed by atoms with E-state index in [1.807, 2.05) is 13.2 Å². The lowest BCUT2D eigenvalue weighted by Crippen LogP contribution is -2.23. The predicted octanol–water partition coefficient (Wildman–Crippen LogP) is 2.29. The molecule has 0 N–H and O–H groups in total. The van der Waals surface area contributed by atoms with Crippen molar-refractivity contribution in [1.82, 2.24) is 9.78 Å². The van der Waals surface area contributed by atoms with Gasteiger partial charge in [0.25, 0.3) is 0 Å². The lowest BCUT2D eigenvalue weighted by atomic mass is 9.82. The number of hydrogen-bond donors (Lipinski definition) is 0. The molecule has 1 fully saturated rings. The Balaban J connectivity index is 1.80. The number of rotatable bonds is 3. The van der Waals surface area contributed by atoms with Crippen LogP contribution in [0.2, 0.25) is 0 Å². The molecule has 4 heteroatoms. The second kappa shape index (κ2) is 5.34. The maximum Gasteiger partial charge on any atom is 0.309 e. The minimum atomic E-state index is -0.0413. The monoisotopic (exact) mass is 236 g/mol. The summed E-state index contributed by atoms with van der Waals surface area (Å²) >= 11 is 0. The Morgan fingerprint density at radius 3 is 3.06 bits per heavy atom. The van der Waals surface area contributed by atoms with Crippen molar-refractivity contribution in [2.45, 2.75) is 39.2 Å². The zero-order valence-corrected chi connectivity index (χ0v) is 10.6. The van der Waals surface area contributed by atoms with E-state index in [1.165, 1.54) is 6.42 Å². The fourth-order valence-corrected chi connectivity index (χ4v) is 2.47. The van der Waals surface area contributed by atoms with Gasteiger partial charge in [-0.3, -0.25) is 9.48 Å². The van der Waals surface area contributed by atoms with Gasteiger partial charge in [0, 0.05) is 18.8 Å². The molecular weight excluding hydrogens is 216 g/mol. The number of carbonyl (C=O) groups is 1. The van der Waals surface area contributed by atoms with Crippen molar-refractivity contribution in [3.8, 4) is 0 Å². The van der Waals surface area contributed by atoms with Crippen molar-refractivity contribution in [1.29, 1.82) is 0 Å². The molecule has 1 aliphatic rings. The Bertz CT molecular complexity index is 387. The molecule has 1 aromatic rings. The van der Waals surface area contributed by atoms with Crippen LogP contribution in [-0.4, -0.2) is 15.7 Å². The molecular formula is C13H20N2O2. The van der Waals surface area contributed by atoms with E-state index in [4.69, 9.17) is 4.74 Å². The van der Waals surface area contributed by atoms with Crippen molar-refractivity contribution in [2.75, 3.05) is 0 Å². The van der Waals surface area contributed by atoms with E-state index in [2.05, 4.69) is 12.0 Å². The molecule has 1 heterocycles. The van der Waals surface area contributed by atoms with Crippen LogP contribution in [-0.2, 0) is 23.2 Å². The first-order valence-electron chi connectivity index (χ1n) is 6.29. The van der Waals surface area contributed by atoms with E-state index in [-0.39, 0.29) is 11.9 Å². The van der Waals surface area contributed by atoms with Gasteiger partial charge in [-0.1, -0.05) is 19.8 Å². The maximum atomic E-state index is 11.9. The zero-order chi connectivity index (χ0) is 12.3. The number of aromatic nitrogens is 2. The standard InChI is InChI=1S/C13H20N2O2/c1-10-4-3-5-12(6-10)13(16)17-9-11-7-14-15(2)8-11/h7-8,10,12H,3-6,9H2,1-2H3/t10-,12-/m1/s1. The van der Waals surface area contributed by atoms with E-state index in [9.17, 15) is 4.79 Å². The third-order valence-electron chi connectivity index (χ3n) is 3.41. The summed E-state index contributed by atoms with van der Waals surface area (Å²) in [5.74, 6) is 0.718. The van der Waals surface area contributed by atoms with Gasteiger partial charge in [0.1, 0.15) is 6.61 Å². The van der Waals surface area contributed by atoms with E-state index < -0.39 is 0 Å². The van der Waals surface area contributed by atoms with E-state index >= 15 is 0 Å². The Morgan fingerprint density at radius 1 is 1.59 bits per heavy atom. The number of aryl methyl sites for hydroxylation is 1. The van der Waals surface area contributed by atoms with Gasteiger partial charge in [-0.15, -0.1) is 0 Å². The normalized spacial score (nSPS) is 24.6. The summed E-state index contributed by atoms with van der Waals surface area (Å²) in [6.07, 6.45) is 7.95. The number of esters is 1. The van der Waals surface area contributed by atoms with Crippen LogP contribution < -0.4 is 0 Å². The lowest BCUT2D eigenvalue weighted by molar-refractivity contribution is -0.151. The number of ether oxygens (including phenoxy) is 1. The van der Waals surface area contributed by atoms with Crippen LogP contribution in [0.3, 0.4) is 0 Å². The van der Waals surface area contributed by atoms with Gasteiger partial charge in [-0.05, 0) is 18.8 Å². The molecule has 0 radical (unpaired) electrons. The molecule has 0 saturated heterocycles. The van der Waals surface area contributed by atoms with Gasteiger partial charge in [-0.25, -0.2) is 0 Å². The first-order chi connectivity index (χ1) is 8.15. The molecule has 1 saturated carbocycles. The Kier molecular flexibility index (Phi) is 3.82. The third kappa shape index (κ3) is 3.32. The highest BCUT2D eigenvalue weighted by Crippen LogP contribution is 2.29. The van der Waals surface area contributed by atoms with Crippen molar-refractivity contribution in [3.05, 3.63) is 18.0 Å². The van der Waals surface area contributed by atoms with Crippen LogP contribution in [0.5, 0.6) is 0 Å². The molecule has 0 amide bonds. The average molecular weight is 236 g/mol. The lowest BCUT2D eigenvalue weighted by Gasteiger charge is -2.24. The fraction of sp³-hybridized carbons (Fsp3) is 0.692. The van der Waals surface area contributed by atoms with Crippen LogP contribution in [0, 0.1) is 11.8 Å². The summed E-state index contributed by atoms with van der Waals surface area (Å²) in [7, 11) is 1.86. The average Bonchev–Trinajstić information content (AvgIpc) is 2.72. The van der Waals surface area contributed by atoms with E-state index in [0.29, 0.717) is 12.5 Å². The zero-order valence-electron chi connectivity index (χ0n) is 10.6. The SMILES string of the molecule is C[C@@H]1CCC[C@@H](C(=O)OCc2cnn(C)c2)C1. The summed E-state index contributed by atoms with van der Waals surface area (Å²) in [6.45, 7) is 2.55. The van der Waals surface area contributed by atoms with Crippen LogP contribution in [0.4, 0.5) is 0 Å². The Morgan fingerprint density at radius 2 is 2.41 bits per heavy atom. The fourth-order valence-electron chi connectivity index (χ4n) is 2.47. The second-order valence-electron chi connectivity index (χ2n) is 5.10. The summed E-state index contributed by atoms with van der Waals surface area (Å²) in [4.78, 5) is 11.9. The first-order valence-corrected chi connectivity index (χ1v) is 6.29. The van der Waals surface area contributed by atoms with Crippen molar-refractivity contribution >= 4 is 5.97 Å². The number of carbonyl (C=O) groups excluding carboxylic acids is 1. The highest BCUT2D eigenvalue weighted by atomic mass is 16.5. The summed E-state index contributed by atoms with van der Waals surface area (Å²) < 4.78 is 7.05. The Hall–Kier alpha value is -1.32. The van der Waals surface area contributed by atoms with Crippen molar-refractivity contribution in [3.63, 3.8) is 0 Å². The number of nitrogens with zero attached hydrogens (tertiary/aromatic N) is 2. The molecule has 0 spiro atoms. The summed E-state index contributed by atoms with van der Waals surface area (Å²) in [6, 6.07) is 0. The third-order valence-corrected chi connectivity index (χ3v) is 3.41. The molecule has 17 heavy (non-hydrogen) atoms. The molecule has 2 atom stereocenters. The summed E-state index contributed by atoms with van der Waals surface area (Å²) in [5, 5.41) is 4.04. The largest absolute Gasteiger partial charge is 0.460 e. The van der Waals surface area contributed by atoms with Crippen LogP contribution >= 0.6 is 0 Å². The second-order valence-corrected chi connectivity index (χ2v) is 5.10. The number of hydrogen-bond acceptors (Lipinski definition) is 3. The van der Waals surface area contributed by atoms with Crippen LogP contribution in [0.25, 0.3) is 0 Å². The van der Waals surface area contributed by atoms with Crippen LogP contribution in [0.1, 0.15) is 38.2 Å². The maximum absolute atomic E-state index is 11.9. The first kappa shape index (κ1) is 12.1. The van der Waals surface area contributed by atoms with Crippen LogP contribution in [0.15, 0.2) is 12.4 Å². The van der Waals surface area contributed by atoms with Gasteiger partial charge in [-0.2, -0.15) is 5.10 Å². The molecule has 4 nitrogen and oxygen atoms in total. The van der Waals surface area contributed by atoms with E-state index in [0.717, 1.165) is 24.8 Å². The highest BCUT2D eigenvalue weighted by Gasteiger charge is 2.26. The Labute approximate surface area is 102 Å². The molecule has 0 aromatic carbocycles. The molecule has 0 unspecified atom stereocenters. The van der Waals surface area contributed by atoms with Gasteiger partial charge in [0.2, 0.25) is 0 Å². The minimum Gasteiger partial charge on any atom is -0.460 e. The molecule has 2 rings (SSSR count).